The highest BCUT2D eigenvalue weighted by molar-refractivity contribution is 5.91. The van der Waals surface area contributed by atoms with E-state index in [1.54, 1.807) is 24.3 Å². The van der Waals surface area contributed by atoms with Crippen LogP contribution in [0.5, 0.6) is 0 Å². The number of esters is 5. The number of carbonyl (C=O) groups excluding carboxylic acids is 5. The molecule has 0 fully saturated rings. The normalized spacial score (nSPS) is 10.6. The van der Waals surface area contributed by atoms with Gasteiger partial charge in [0.05, 0.1) is 41.3 Å². The van der Waals surface area contributed by atoms with Crippen LogP contribution in [0.4, 0.5) is 0 Å². The lowest BCUT2D eigenvalue weighted by Gasteiger charge is -2.10. The van der Waals surface area contributed by atoms with Crippen molar-refractivity contribution in [3.8, 4) is 0 Å². The molecule has 0 aliphatic carbocycles. The first-order chi connectivity index (χ1) is 22.0. The van der Waals surface area contributed by atoms with Crippen molar-refractivity contribution in [1.82, 2.24) is 9.97 Å². The highest BCUT2D eigenvalue weighted by Crippen LogP contribution is 2.29. The van der Waals surface area contributed by atoms with E-state index >= 15 is 0 Å². The molecule has 3 N–H and O–H groups in total. The van der Waals surface area contributed by atoms with Gasteiger partial charge in [-0.1, -0.05) is 30.3 Å². The van der Waals surface area contributed by atoms with Crippen molar-refractivity contribution < 1.29 is 57.6 Å². The van der Waals surface area contributed by atoms with Crippen molar-refractivity contribution >= 4 is 35.8 Å². The third-order valence-electron chi connectivity index (χ3n) is 7.31. The van der Waals surface area contributed by atoms with Gasteiger partial charge < -0.3 is 38.8 Å². The van der Waals surface area contributed by atoms with Gasteiger partial charge in [-0.15, -0.1) is 0 Å². The summed E-state index contributed by atoms with van der Waals surface area (Å²) in [6.45, 7) is -0.0533. The van der Waals surface area contributed by atoms with Crippen LogP contribution in [0.25, 0.3) is 0 Å². The molecule has 2 heterocycles. The van der Waals surface area contributed by atoms with Crippen LogP contribution in [0.15, 0.2) is 30.3 Å². The summed E-state index contributed by atoms with van der Waals surface area (Å²) < 4.78 is 24.8. The van der Waals surface area contributed by atoms with Gasteiger partial charge in [-0.25, -0.2) is 9.59 Å². The van der Waals surface area contributed by atoms with Crippen LogP contribution in [0.2, 0.25) is 0 Å². The van der Waals surface area contributed by atoms with Gasteiger partial charge in [-0.3, -0.25) is 19.2 Å². The molecule has 46 heavy (non-hydrogen) atoms. The summed E-state index contributed by atoms with van der Waals surface area (Å²) in [5, 5.41) is 9.97. The number of carboxylic acid groups (broad SMARTS) is 1. The first-order valence-electron chi connectivity index (χ1n) is 14.2. The summed E-state index contributed by atoms with van der Waals surface area (Å²) in [5.74, 6) is -4.53. The molecule has 0 amide bonds. The Hall–Kier alpha value is -5.40. The zero-order chi connectivity index (χ0) is 33.8. The molecule has 0 atom stereocenters. The van der Waals surface area contributed by atoms with E-state index < -0.39 is 35.8 Å². The number of ether oxygens (including phenoxy) is 5. The Balaban J connectivity index is 2.16. The van der Waals surface area contributed by atoms with E-state index in [1.807, 2.05) is 6.07 Å². The van der Waals surface area contributed by atoms with E-state index in [-0.39, 0.29) is 79.8 Å². The van der Waals surface area contributed by atoms with E-state index in [1.165, 1.54) is 28.4 Å². The van der Waals surface area contributed by atoms with E-state index in [2.05, 4.69) is 9.97 Å². The zero-order valence-corrected chi connectivity index (χ0v) is 26.0. The van der Waals surface area contributed by atoms with Gasteiger partial charge in [0.2, 0.25) is 0 Å². The molecule has 2 aromatic heterocycles. The topological polar surface area (TPSA) is 200 Å². The zero-order valence-electron chi connectivity index (χ0n) is 26.0. The van der Waals surface area contributed by atoms with Crippen LogP contribution in [-0.4, -0.2) is 79.3 Å². The molecular weight excluding hydrogens is 604 g/mol. The number of nitrogens with one attached hydrogen (secondary N) is 2. The Morgan fingerprint density at radius 2 is 1.09 bits per heavy atom. The summed E-state index contributed by atoms with van der Waals surface area (Å²) in [6.07, 6.45) is -1.10. The molecule has 14 nitrogen and oxygen atoms in total. The highest BCUT2D eigenvalue weighted by Gasteiger charge is 2.29. The van der Waals surface area contributed by atoms with Crippen molar-refractivity contribution in [2.45, 2.75) is 51.6 Å². The third-order valence-corrected chi connectivity index (χ3v) is 7.31. The number of methoxy groups -OCH3 is 4. The standard InChI is InChI=1S/C32H36N2O12/c1-42-25(35)12-10-19-21(14-27(37)44-3)23(33-29(19)31(39)40)16-24-22(15-28(38)45-4)20(11-13-26(36)43-2)30(34-24)32(41)46-17-18-8-6-5-7-9-18/h5-9,33-34H,10-17H2,1-4H3,(H,39,40). The predicted octanol–water partition coefficient (Wildman–Crippen LogP) is 2.63. The number of rotatable bonds is 16. The minimum atomic E-state index is -1.33. The van der Waals surface area contributed by atoms with Crippen molar-refractivity contribution in [2.24, 2.45) is 0 Å². The monoisotopic (exact) mass is 640 g/mol. The molecule has 0 spiro atoms. The lowest BCUT2D eigenvalue weighted by atomic mass is 9.96. The van der Waals surface area contributed by atoms with Crippen LogP contribution in [-0.2, 0) is 81.6 Å². The molecular formula is C32H36N2O12. The fourth-order valence-corrected chi connectivity index (χ4v) is 4.97. The molecule has 3 aromatic rings. The van der Waals surface area contributed by atoms with Crippen LogP contribution >= 0.6 is 0 Å². The molecule has 0 radical (unpaired) electrons. The third kappa shape index (κ3) is 9.06. The number of benzene rings is 1. The second-order valence-electron chi connectivity index (χ2n) is 10.1. The summed E-state index contributed by atoms with van der Waals surface area (Å²) in [4.78, 5) is 80.5. The Kier molecular flexibility index (Phi) is 12.7. The van der Waals surface area contributed by atoms with Gasteiger partial charge >= 0.3 is 35.8 Å². The second-order valence-corrected chi connectivity index (χ2v) is 10.1. The SMILES string of the molecule is COC(=O)CCc1c(C(=O)O)[nH]c(Cc2[nH]c(C(=O)OCc3ccccc3)c(CCC(=O)OC)c2CC(=O)OC)c1CC(=O)OC. The van der Waals surface area contributed by atoms with Gasteiger partial charge in [0.1, 0.15) is 18.0 Å². The Labute approximate surface area is 264 Å². The van der Waals surface area contributed by atoms with Gasteiger partial charge in [-0.05, 0) is 40.7 Å². The molecule has 0 saturated heterocycles. The second kappa shape index (κ2) is 16.6. The van der Waals surface area contributed by atoms with Crippen molar-refractivity contribution in [3.63, 3.8) is 0 Å². The Morgan fingerprint density at radius 3 is 1.54 bits per heavy atom. The Bertz CT molecular complexity index is 1590. The number of hydrogen-bond acceptors (Lipinski definition) is 11. The molecule has 0 bridgehead atoms. The minimum Gasteiger partial charge on any atom is -0.477 e. The molecule has 3 rings (SSSR count). The quantitative estimate of drug-likeness (QED) is 0.153. The number of aromatic amines is 2. The van der Waals surface area contributed by atoms with Crippen LogP contribution < -0.4 is 0 Å². The number of H-pyrrole nitrogens is 2. The molecule has 1 aromatic carbocycles. The van der Waals surface area contributed by atoms with Crippen molar-refractivity contribution in [2.75, 3.05) is 28.4 Å². The first kappa shape index (κ1) is 35.1. The van der Waals surface area contributed by atoms with Gasteiger partial charge in [0.25, 0.3) is 0 Å². The number of aromatic carboxylic acids is 1. The molecule has 14 heteroatoms. The summed E-state index contributed by atoms with van der Waals surface area (Å²) in [5.41, 5.74) is 2.16. The fraction of sp³-hybridized carbons (Fsp3) is 0.375. The minimum absolute atomic E-state index is 0.00420. The van der Waals surface area contributed by atoms with Gasteiger partial charge in [0.15, 0.2) is 0 Å². The average molecular weight is 641 g/mol. The maximum atomic E-state index is 13.4. The van der Waals surface area contributed by atoms with Crippen LogP contribution in [0.3, 0.4) is 0 Å². The average Bonchev–Trinajstić information content (AvgIpc) is 3.58. The summed E-state index contributed by atoms with van der Waals surface area (Å²) in [6, 6.07) is 8.96. The smallest absolute Gasteiger partial charge is 0.355 e. The van der Waals surface area contributed by atoms with Crippen molar-refractivity contribution in [3.05, 3.63) is 80.9 Å². The van der Waals surface area contributed by atoms with Crippen LogP contribution in [0.1, 0.15) is 73.0 Å². The number of carbonyl (C=O) groups is 6. The number of carboxylic acids is 1. The van der Waals surface area contributed by atoms with Gasteiger partial charge in [-0.2, -0.15) is 0 Å². The van der Waals surface area contributed by atoms with Gasteiger partial charge in [0, 0.05) is 30.7 Å². The highest BCUT2D eigenvalue weighted by atomic mass is 16.5. The first-order valence-corrected chi connectivity index (χ1v) is 14.2. The molecule has 0 saturated carbocycles. The number of aromatic nitrogens is 2. The van der Waals surface area contributed by atoms with Crippen molar-refractivity contribution in [1.29, 1.82) is 0 Å². The van der Waals surface area contributed by atoms with E-state index in [9.17, 15) is 33.9 Å². The van der Waals surface area contributed by atoms with E-state index in [4.69, 9.17) is 23.7 Å². The maximum absolute atomic E-state index is 13.4. The summed E-state index contributed by atoms with van der Waals surface area (Å²) >= 11 is 0. The predicted molar refractivity (Wildman–Crippen MR) is 159 cm³/mol. The van der Waals surface area contributed by atoms with Crippen LogP contribution in [0, 0.1) is 0 Å². The van der Waals surface area contributed by atoms with E-state index in [0.717, 1.165) is 5.56 Å². The maximum Gasteiger partial charge on any atom is 0.355 e. The molecule has 0 unspecified atom stereocenters. The molecule has 0 aliphatic heterocycles. The Morgan fingerprint density at radius 1 is 0.630 bits per heavy atom. The largest absolute Gasteiger partial charge is 0.477 e. The summed E-state index contributed by atoms with van der Waals surface area (Å²) in [7, 11) is 4.80. The lowest BCUT2D eigenvalue weighted by Crippen LogP contribution is -2.12. The molecule has 0 aliphatic rings. The lowest BCUT2D eigenvalue weighted by molar-refractivity contribution is -0.141. The molecule has 246 valence electrons. The number of hydrogen-bond donors (Lipinski definition) is 3. The fourth-order valence-electron chi connectivity index (χ4n) is 4.97. The van der Waals surface area contributed by atoms with E-state index in [0.29, 0.717) is 16.8 Å².